The molecule has 0 saturated carbocycles. The summed E-state index contributed by atoms with van der Waals surface area (Å²) < 4.78 is 44.1. The summed E-state index contributed by atoms with van der Waals surface area (Å²) in [5.74, 6) is -0.631. The number of ether oxygens (including phenoxy) is 1. The second kappa shape index (κ2) is 6.88. The second-order valence-electron chi connectivity index (χ2n) is 5.09. The van der Waals surface area contributed by atoms with Gasteiger partial charge in [-0.25, -0.2) is 12.8 Å². The summed E-state index contributed by atoms with van der Waals surface area (Å²) >= 11 is 0. The monoisotopic (exact) mass is 351 g/mol. The van der Waals surface area contributed by atoms with Crippen LogP contribution < -0.4 is 14.8 Å². The van der Waals surface area contributed by atoms with Gasteiger partial charge in [0.15, 0.2) is 0 Å². The number of benzene rings is 2. The van der Waals surface area contributed by atoms with E-state index in [0.29, 0.717) is 22.6 Å². The number of nitrogens with one attached hydrogen (secondary N) is 2. The van der Waals surface area contributed by atoms with Crippen molar-refractivity contribution in [2.75, 3.05) is 23.4 Å². The molecule has 6 nitrogen and oxygen atoms in total. The number of carbonyl (C=O) groups excluding carboxylic acids is 1. The van der Waals surface area contributed by atoms with E-state index >= 15 is 0 Å². The standard InChI is InChI=1S/C16H16FN2O4S/c1-10(20)18-15-8-11(4-6-14(15)17)13-9-12(19-24(3,21)22)5-7-16(13)23-2/h4-6,8-9,19H,1-3H3,(H,18,20). The van der Waals surface area contributed by atoms with Crippen LogP contribution in [0.5, 0.6) is 5.75 Å². The Kier molecular flexibility index (Phi) is 5.08. The Morgan fingerprint density at radius 3 is 2.58 bits per heavy atom. The zero-order valence-corrected chi connectivity index (χ0v) is 14.1. The number of anilines is 2. The number of sulfonamides is 1. The quantitative estimate of drug-likeness (QED) is 0.867. The molecule has 127 valence electrons. The lowest BCUT2D eigenvalue weighted by Crippen LogP contribution is -2.09. The summed E-state index contributed by atoms with van der Waals surface area (Å²) in [5, 5.41) is 2.40. The van der Waals surface area contributed by atoms with Crippen molar-refractivity contribution in [3.8, 4) is 16.9 Å². The Morgan fingerprint density at radius 1 is 1.29 bits per heavy atom. The van der Waals surface area contributed by atoms with Gasteiger partial charge in [-0.1, -0.05) is 6.07 Å². The van der Waals surface area contributed by atoms with E-state index in [4.69, 9.17) is 4.74 Å². The molecule has 0 aliphatic carbocycles. The van der Waals surface area contributed by atoms with Gasteiger partial charge in [-0.05, 0) is 29.8 Å². The first-order valence-corrected chi connectivity index (χ1v) is 8.74. The van der Waals surface area contributed by atoms with Gasteiger partial charge in [0.1, 0.15) is 11.6 Å². The number of rotatable bonds is 5. The van der Waals surface area contributed by atoms with Crippen LogP contribution in [-0.2, 0) is 14.8 Å². The van der Waals surface area contributed by atoms with E-state index in [9.17, 15) is 17.6 Å². The van der Waals surface area contributed by atoms with Crippen LogP contribution >= 0.6 is 0 Å². The highest BCUT2D eigenvalue weighted by molar-refractivity contribution is 7.92. The molecule has 0 atom stereocenters. The van der Waals surface area contributed by atoms with E-state index in [2.05, 4.69) is 16.1 Å². The molecule has 0 saturated heterocycles. The minimum absolute atomic E-state index is 0.0172. The molecule has 0 spiro atoms. The first-order valence-electron chi connectivity index (χ1n) is 6.84. The highest BCUT2D eigenvalue weighted by Crippen LogP contribution is 2.34. The van der Waals surface area contributed by atoms with E-state index in [1.807, 2.05) is 0 Å². The normalized spacial score (nSPS) is 11.0. The first kappa shape index (κ1) is 17.7. The molecule has 2 aromatic rings. The van der Waals surface area contributed by atoms with Crippen molar-refractivity contribution < 1.29 is 22.3 Å². The molecule has 1 amide bonds. The van der Waals surface area contributed by atoms with Crippen molar-refractivity contribution in [2.45, 2.75) is 6.92 Å². The van der Waals surface area contributed by atoms with Crippen molar-refractivity contribution in [3.05, 3.63) is 42.2 Å². The smallest absolute Gasteiger partial charge is 0.229 e. The van der Waals surface area contributed by atoms with Crippen molar-refractivity contribution in [2.24, 2.45) is 0 Å². The molecular weight excluding hydrogens is 335 g/mol. The van der Waals surface area contributed by atoms with Crippen LogP contribution in [0.25, 0.3) is 11.1 Å². The lowest BCUT2D eigenvalue weighted by Gasteiger charge is -2.13. The average molecular weight is 351 g/mol. The van der Waals surface area contributed by atoms with Crippen LogP contribution in [0.1, 0.15) is 6.92 Å². The predicted octanol–water partition coefficient (Wildman–Crippen LogP) is 2.63. The van der Waals surface area contributed by atoms with Gasteiger partial charge in [0, 0.05) is 24.2 Å². The number of carbonyl (C=O) groups is 1. The summed E-state index contributed by atoms with van der Waals surface area (Å²) in [7, 11) is -2.01. The van der Waals surface area contributed by atoms with Gasteiger partial charge < -0.3 is 10.1 Å². The Bertz CT molecular complexity index is 882. The van der Waals surface area contributed by atoms with E-state index in [1.54, 1.807) is 6.07 Å². The third-order valence-corrected chi connectivity index (χ3v) is 3.61. The molecule has 0 unspecified atom stereocenters. The summed E-state index contributed by atoms with van der Waals surface area (Å²) in [6.45, 7) is 1.27. The molecule has 2 rings (SSSR count). The van der Waals surface area contributed by atoms with E-state index < -0.39 is 21.7 Å². The second-order valence-corrected chi connectivity index (χ2v) is 6.83. The number of halogens is 1. The van der Waals surface area contributed by atoms with E-state index in [-0.39, 0.29) is 5.69 Å². The summed E-state index contributed by atoms with van der Waals surface area (Å²) in [5.41, 5.74) is 1.34. The summed E-state index contributed by atoms with van der Waals surface area (Å²) in [6, 6.07) is 9.93. The molecular formula is C16H16FN2O4S. The van der Waals surface area contributed by atoms with Gasteiger partial charge in [0.05, 0.1) is 19.1 Å². The third-order valence-electron chi connectivity index (χ3n) is 3.00. The topological polar surface area (TPSA) is 84.5 Å². The molecule has 2 aromatic carbocycles. The maximum atomic E-state index is 13.8. The molecule has 0 aliphatic heterocycles. The van der Waals surface area contributed by atoms with Crippen LogP contribution in [-0.4, -0.2) is 27.7 Å². The minimum atomic E-state index is -3.45. The highest BCUT2D eigenvalue weighted by atomic mass is 32.2. The Hall–Kier alpha value is -2.61. The minimum Gasteiger partial charge on any atom is -0.495 e. The van der Waals surface area contributed by atoms with E-state index in [1.165, 1.54) is 38.3 Å². The fraction of sp³-hybridized carbons (Fsp3) is 0.188. The SMILES string of the molecule is COc1[c]cc(NS(C)(=O)=O)cc1-c1ccc(F)c(NC(C)=O)c1. The molecule has 24 heavy (non-hydrogen) atoms. The third kappa shape index (κ3) is 4.45. The summed E-state index contributed by atoms with van der Waals surface area (Å²) in [4.78, 5) is 11.2. The fourth-order valence-corrected chi connectivity index (χ4v) is 2.66. The van der Waals surface area contributed by atoms with Crippen LogP contribution in [0, 0.1) is 11.9 Å². The molecule has 0 heterocycles. The average Bonchev–Trinajstić information content (AvgIpc) is 2.47. The number of methoxy groups -OCH3 is 1. The predicted molar refractivity (Wildman–Crippen MR) is 90.0 cm³/mol. The molecule has 0 fully saturated rings. The number of hydrogen-bond donors (Lipinski definition) is 2. The molecule has 8 heteroatoms. The van der Waals surface area contributed by atoms with Crippen molar-refractivity contribution >= 4 is 27.3 Å². The van der Waals surface area contributed by atoms with Gasteiger partial charge in [0.2, 0.25) is 15.9 Å². The molecule has 0 aromatic heterocycles. The maximum Gasteiger partial charge on any atom is 0.229 e. The van der Waals surface area contributed by atoms with Crippen LogP contribution in [0.2, 0.25) is 0 Å². The molecule has 2 N–H and O–H groups in total. The highest BCUT2D eigenvalue weighted by Gasteiger charge is 2.13. The van der Waals surface area contributed by atoms with Crippen molar-refractivity contribution in [1.82, 2.24) is 0 Å². The first-order chi connectivity index (χ1) is 11.2. The van der Waals surface area contributed by atoms with Gasteiger partial charge in [0.25, 0.3) is 0 Å². The maximum absolute atomic E-state index is 13.8. The molecule has 0 aliphatic rings. The fourth-order valence-electron chi connectivity index (χ4n) is 2.12. The Labute approximate surface area is 139 Å². The molecule has 0 bridgehead atoms. The van der Waals surface area contributed by atoms with Crippen LogP contribution in [0.4, 0.5) is 15.8 Å². The Balaban J connectivity index is 2.53. The van der Waals surface area contributed by atoms with Crippen LogP contribution in [0.15, 0.2) is 30.3 Å². The Morgan fingerprint density at radius 2 is 2.00 bits per heavy atom. The lowest BCUT2D eigenvalue weighted by atomic mass is 10.0. The van der Waals surface area contributed by atoms with Crippen molar-refractivity contribution in [3.63, 3.8) is 0 Å². The van der Waals surface area contributed by atoms with Gasteiger partial charge in [-0.3, -0.25) is 9.52 Å². The summed E-state index contributed by atoms with van der Waals surface area (Å²) in [6.07, 6.45) is 1.03. The lowest BCUT2D eigenvalue weighted by molar-refractivity contribution is -0.114. The number of amides is 1. The van der Waals surface area contributed by atoms with Gasteiger partial charge in [-0.2, -0.15) is 0 Å². The number of hydrogen-bond acceptors (Lipinski definition) is 4. The van der Waals surface area contributed by atoms with Crippen molar-refractivity contribution in [1.29, 1.82) is 0 Å². The zero-order valence-electron chi connectivity index (χ0n) is 13.3. The van der Waals surface area contributed by atoms with Gasteiger partial charge in [-0.15, -0.1) is 0 Å². The van der Waals surface area contributed by atoms with Crippen LogP contribution in [0.3, 0.4) is 0 Å². The van der Waals surface area contributed by atoms with Gasteiger partial charge >= 0.3 is 0 Å². The van der Waals surface area contributed by atoms with E-state index in [0.717, 1.165) is 6.26 Å². The molecule has 1 radical (unpaired) electrons. The largest absolute Gasteiger partial charge is 0.495 e. The zero-order chi connectivity index (χ0) is 17.9.